The number of sulfonamides is 1. The van der Waals surface area contributed by atoms with Gasteiger partial charge in [-0.3, -0.25) is 19.8 Å². The minimum atomic E-state index is -3.61. The van der Waals surface area contributed by atoms with Crippen LogP contribution < -0.4 is 24.4 Å². The summed E-state index contributed by atoms with van der Waals surface area (Å²) in [6.07, 6.45) is 2.77. The molecule has 1 aliphatic rings. The smallest absolute Gasteiger partial charge is 0.271 e. The van der Waals surface area contributed by atoms with E-state index in [2.05, 4.69) is 15.0 Å². The maximum absolute atomic E-state index is 12.1. The third kappa shape index (κ3) is 5.70. The molecular weight excluding hydrogens is 592 g/mol. The van der Waals surface area contributed by atoms with Crippen LogP contribution in [0.15, 0.2) is 66.9 Å². The first kappa shape index (κ1) is 29.8. The molecule has 0 aliphatic carbocycles. The van der Waals surface area contributed by atoms with Crippen molar-refractivity contribution >= 4 is 44.4 Å². The summed E-state index contributed by atoms with van der Waals surface area (Å²) < 4.78 is 39.7. The molecule has 14 heteroatoms. The van der Waals surface area contributed by atoms with E-state index in [4.69, 9.17) is 21.7 Å². The molecule has 2 unspecified atom stereocenters. The van der Waals surface area contributed by atoms with E-state index in [-0.39, 0.29) is 17.4 Å². The molecule has 5 rings (SSSR count). The number of pyridine rings is 1. The fourth-order valence-electron chi connectivity index (χ4n) is 5.50. The zero-order chi connectivity index (χ0) is 31.1. The molecule has 3 heterocycles. The minimum absolute atomic E-state index is 0.0642. The zero-order valence-electron chi connectivity index (χ0n) is 24.1. The number of hydrogen-bond acceptors (Lipinski definition) is 8. The van der Waals surface area contributed by atoms with Gasteiger partial charge in [0.05, 0.1) is 54.6 Å². The number of nitro benzene ring substituents is 1. The van der Waals surface area contributed by atoms with Crippen molar-refractivity contribution in [3.05, 3.63) is 99.6 Å². The van der Waals surface area contributed by atoms with Crippen molar-refractivity contribution in [1.82, 2.24) is 14.9 Å². The number of thiocarbonyl (C=S) groups is 1. The number of non-ortho nitro benzene ring substituents is 1. The van der Waals surface area contributed by atoms with Gasteiger partial charge in [-0.2, -0.15) is 0 Å². The lowest BCUT2D eigenvalue weighted by atomic mass is 9.96. The Labute approximate surface area is 254 Å². The summed E-state index contributed by atoms with van der Waals surface area (Å²) in [4.78, 5) is 17.7. The van der Waals surface area contributed by atoms with E-state index in [0.717, 1.165) is 28.9 Å². The first-order valence-corrected chi connectivity index (χ1v) is 15.4. The molecule has 2 atom stereocenters. The summed E-state index contributed by atoms with van der Waals surface area (Å²) in [5.74, 6) is 0.824. The Bertz CT molecular complexity index is 1830. The highest BCUT2D eigenvalue weighted by Crippen LogP contribution is 2.45. The molecule has 0 amide bonds. The number of ether oxygens (including phenoxy) is 2. The van der Waals surface area contributed by atoms with Gasteiger partial charge < -0.3 is 24.3 Å². The van der Waals surface area contributed by atoms with Crippen LogP contribution in [0.4, 0.5) is 17.1 Å². The standard InChI is InChI=1S/C29H30N6O6S2/c1-17-14-21(18(2)33(17)24-16-20(35(36)37)10-12-26(24)41-4)28-27(22-8-6-7-13-30-22)31-29(42)34(28)19-9-11-25(40-3)23(15-19)32-43(5,38)39/h6-16,27-28,32H,1-5H3,(H,31,42). The van der Waals surface area contributed by atoms with Gasteiger partial charge in [0, 0.05) is 35.4 Å². The van der Waals surface area contributed by atoms with Crippen LogP contribution in [0.3, 0.4) is 0 Å². The molecule has 2 N–H and O–H groups in total. The Morgan fingerprint density at radius 2 is 1.77 bits per heavy atom. The molecule has 0 spiro atoms. The highest BCUT2D eigenvalue weighted by molar-refractivity contribution is 7.92. The molecule has 43 heavy (non-hydrogen) atoms. The number of hydrogen-bond donors (Lipinski definition) is 2. The fraction of sp³-hybridized carbons (Fsp3) is 0.241. The topological polar surface area (TPSA) is 141 Å². The molecule has 0 saturated carbocycles. The summed E-state index contributed by atoms with van der Waals surface area (Å²) in [5.41, 5.74) is 4.59. The molecule has 2 aromatic carbocycles. The third-order valence-electron chi connectivity index (χ3n) is 7.26. The van der Waals surface area contributed by atoms with Crippen LogP contribution in [0.25, 0.3) is 5.69 Å². The molecule has 1 aliphatic heterocycles. The van der Waals surface area contributed by atoms with Gasteiger partial charge in [0.15, 0.2) is 5.11 Å². The normalized spacial score (nSPS) is 16.6. The van der Waals surface area contributed by atoms with Crippen molar-refractivity contribution in [2.75, 3.05) is 30.1 Å². The number of aromatic nitrogens is 2. The van der Waals surface area contributed by atoms with Gasteiger partial charge in [-0.1, -0.05) is 6.07 Å². The third-order valence-corrected chi connectivity index (χ3v) is 8.16. The Morgan fingerprint density at radius 1 is 1.05 bits per heavy atom. The predicted octanol–water partition coefficient (Wildman–Crippen LogP) is 4.96. The second kappa shape index (κ2) is 11.5. The van der Waals surface area contributed by atoms with Crippen LogP contribution in [0.1, 0.15) is 34.7 Å². The van der Waals surface area contributed by atoms with Crippen molar-refractivity contribution in [3.63, 3.8) is 0 Å². The highest BCUT2D eigenvalue weighted by Gasteiger charge is 2.42. The van der Waals surface area contributed by atoms with Crippen LogP contribution in [0.2, 0.25) is 0 Å². The fourth-order valence-corrected chi connectivity index (χ4v) is 6.40. The summed E-state index contributed by atoms with van der Waals surface area (Å²) in [6, 6.07) is 16.4. The molecule has 1 saturated heterocycles. The quantitative estimate of drug-likeness (QED) is 0.149. The van der Waals surface area contributed by atoms with Crippen molar-refractivity contribution in [3.8, 4) is 17.2 Å². The first-order valence-electron chi connectivity index (χ1n) is 13.1. The molecular formula is C29H30N6O6S2. The average molecular weight is 623 g/mol. The van der Waals surface area contributed by atoms with Crippen molar-refractivity contribution < 1.29 is 22.8 Å². The maximum Gasteiger partial charge on any atom is 0.271 e. The predicted molar refractivity (Wildman–Crippen MR) is 168 cm³/mol. The molecule has 0 radical (unpaired) electrons. The van der Waals surface area contributed by atoms with Gasteiger partial charge in [0.25, 0.3) is 5.69 Å². The number of nitro groups is 1. The molecule has 12 nitrogen and oxygen atoms in total. The van der Waals surface area contributed by atoms with Gasteiger partial charge in [-0.05, 0) is 74.1 Å². The van der Waals surface area contributed by atoms with Crippen LogP contribution >= 0.6 is 12.2 Å². The van der Waals surface area contributed by atoms with E-state index < -0.39 is 21.0 Å². The number of aryl methyl sites for hydroxylation is 1. The Balaban J connectivity index is 1.71. The number of rotatable bonds is 9. The molecule has 1 fully saturated rings. The Kier molecular flexibility index (Phi) is 7.99. The lowest BCUT2D eigenvalue weighted by molar-refractivity contribution is -0.384. The van der Waals surface area contributed by atoms with Gasteiger partial charge in [-0.25, -0.2) is 8.42 Å². The van der Waals surface area contributed by atoms with Crippen LogP contribution in [0, 0.1) is 24.0 Å². The van der Waals surface area contributed by atoms with Crippen LogP contribution in [-0.2, 0) is 10.0 Å². The van der Waals surface area contributed by atoms with Gasteiger partial charge >= 0.3 is 0 Å². The summed E-state index contributed by atoms with van der Waals surface area (Å²) in [5, 5.41) is 15.5. The highest BCUT2D eigenvalue weighted by atomic mass is 32.2. The number of methoxy groups -OCH3 is 2. The minimum Gasteiger partial charge on any atom is -0.495 e. The molecule has 4 aromatic rings. The van der Waals surface area contributed by atoms with Gasteiger partial charge in [0.1, 0.15) is 11.5 Å². The summed E-state index contributed by atoms with van der Waals surface area (Å²) in [6.45, 7) is 3.84. The first-order chi connectivity index (χ1) is 20.4. The lowest BCUT2D eigenvalue weighted by Crippen LogP contribution is -2.29. The molecule has 0 bridgehead atoms. The van der Waals surface area contributed by atoms with E-state index in [1.807, 2.05) is 47.6 Å². The van der Waals surface area contributed by atoms with Gasteiger partial charge in [0.2, 0.25) is 10.0 Å². The monoisotopic (exact) mass is 622 g/mol. The van der Waals surface area contributed by atoms with Crippen molar-refractivity contribution in [2.24, 2.45) is 0 Å². The average Bonchev–Trinajstić information content (AvgIpc) is 3.46. The van der Waals surface area contributed by atoms with E-state index in [1.54, 1.807) is 30.5 Å². The molecule has 2 aromatic heterocycles. The summed E-state index contributed by atoms with van der Waals surface area (Å²) in [7, 11) is -0.632. The Morgan fingerprint density at radius 3 is 2.40 bits per heavy atom. The lowest BCUT2D eigenvalue weighted by Gasteiger charge is -2.29. The number of benzene rings is 2. The SMILES string of the molecule is COc1ccc(N2C(=S)NC(c3ccccn3)C2c2cc(C)n(-c3cc([N+](=O)[O-])ccc3OC)c2C)cc1NS(C)(=O)=O. The largest absolute Gasteiger partial charge is 0.495 e. The van der Waals surface area contributed by atoms with E-state index in [1.165, 1.54) is 26.4 Å². The summed E-state index contributed by atoms with van der Waals surface area (Å²) >= 11 is 5.87. The second-order valence-corrected chi connectivity index (χ2v) is 12.2. The Hall–Kier alpha value is -4.69. The maximum atomic E-state index is 12.1. The van der Waals surface area contributed by atoms with Crippen LogP contribution in [0.5, 0.6) is 11.5 Å². The zero-order valence-corrected chi connectivity index (χ0v) is 25.7. The van der Waals surface area contributed by atoms with E-state index in [0.29, 0.717) is 28.0 Å². The van der Waals surface area contributed by atoms with E-state index in [9.17, 15) is 18.5 Å². The van der Waals surface area contributed by atoms with Crippen LogP contribution in [-0.4, -0.2) is 48.5 Å². The van der Waals surface area contributed by atoms with E-state index >= 15 is 0 Å². The number of anilines is 2. The second-order valence-electron chi connectivity index (χ2n) is 10.0. The van der Waals surface area contributed by atoms with Gasteiger partial charge in [-0.15, -0.1) is 0 Å². The van der Waals surface area contributed by atoms with Crippen molar-refractivity contribution in [2.45, 2.75) is 25.9 Å². The number of nitrogens with zero attached hydrogens (tertiary/aromatic N) is 4. The number of nitrogens with one attached hydrogen (secondary N) is 2. The van der Waals surface area contributed by atoms with Crippen molar-refractivity contribution in [1.29, 1.82) is 0 Å². The molecule has 224 valence electrons.